The average Bonchev–Trinajstić information content (AvgIpc) is 3.35. The van der Waals surface area contributed by atoms with Crippen LogP contribution in [0, 0.1) is 23.5 Å². The zero-order valence-electron chi connectivity index (χ0n) is 20.2. The molecule has 2 fully saturated rings. The van der Waals surface area contributed by atoms with Crippen LogP contribution < -0.4 is 9.80 Å². The lowest BCUT2D eigenvalue weighted by Crippen LogP contribution is -2.72. The monoisotopic (exact) mass is 503 g/mol. The van der Waals surface area contributed by atoms with E-state index in [9.17, 15) is 14.4 Å². The largest absolute Gasteiger partial charge is 0.332 e. The Bertz CT molecular complexity index is 1450. The van der Waals surface area contributed by atoms with Gasteiger partial charge >= 0.3 is 6.03 Å². The molecule has 8 nitrogen and oxygen atoms in total. The topological polar surface area (TPSA) is 78.8 Å². The normalized spacial score (nSPS) is 19.6. The second kappa shape index (κ2) is 9.17. The zero-order valence-corrected chi connectivity index (χ0v) is 20.2. The number of carbonyl (C=O) groups is 3. The molecule has 188 valence electrons. The maximum Gasteiger partial charge on any atom is 0.332 e. The number of fused-ring (bicyclic) bond motifs is 1. The summed E-state index contributed by atoms with van der Waals surface area (Å²) in [5.74, 6) is 1.99. The van der Waals surface area contributed by atoms with Gasteiger partial charge in [0.25, 0.3) is 5.91 Å². The summed E-state index contributed by atoms with van der Waals surface area (Å²) in [4.78, 5) is 43.1. The summed E-state index contributed by atoms with van der Waals surface area (Å²) in [7, 11) is 0. The molecule has 0 radical (unpaired) electrons. The number of hydrogen-bond donors (Lipinski definition) is 0. The van der Waals surface area contributed by atoms with Crippen LogP contribution in [0.5, 0.6) is 0 Å². The molecule has 0 saturated carbocycles. The smallest absolute Gasteiger partial charge is 0.307 e. The number of hydrogen-bond acceptors (Lipinski definition) is 4. The summed E-state index contributed by atoms with van der Waals surface area (Å²) in [5.41, 5.74) is -0.994. The van der Waals surface area contributed by atoms with Crippen molar-refractivity contribution in [2.24, 2.45) is 0 Å². The number of nitrogens with zero attached hydrogens (tertiary/aromatic N) is 5. The minimum atomic E-state index is -1.49. The van der Waals surface area contributed by atoms with E-state index in [0.29, 0.717) is 22.7 Å². The standard InChI is InChI=1S/C27H23F2N5O3/c1-3-31-17-20(16-30-31)32-11-12-33-26(37)34(23(35)15-27(33,2)25(32)36)24-21(28)13-19(14-22(24)29)10-9-18-7-5-4-6-8-18/h4-8,13-14,16-17H,3,11-12,15H2,1-2H3. The van der Waals surface area contributed by atoms with E-state index < -0.39 is 47.1 Å². The van der Waals surface area contributed by atoms with Crippen molar-refractivity contribution in [3.05, 3.63) is 77.6 Å². The molecule has 2 saturated heterocycles. The zero-order chi connectivity index (χ0) is 26.3. The van der Waals surface area contributed by atoms with Crippen molar-refractivity contribution >= 4 is 29.2 Å². The Hall–Kier alpha value is -4.52. The Morgan fingerprint density at radius 1 is 1.00 bits per heavy atom. The van der Waals surface area contributed by atoms with Gasteiger partial charge in [0.15, 0.2) is 11.6 Å². The van der Waals surface area contributed by atoms with Gasteiger partial charge in [-0.1, -0.05) is 30.0 Å². The number of benzene rings is 2. The summed E-state index contributed by atoms with van der Waals surface area (Å²) in [6.45, 7) is 4.24. The summed E-state index contributed by atoms with van der Waals surface area (Å²) in [5, 5.41) is 4.18. The number of anilines is 2. The second-order valence-electron chi connectivity index (χ2n) is 9.03. The SMILES string of the molecule is CCn1cc(N2CCN3C(=O)N(c4c(F)cc(C#Cc5ccccc5)cc4F)C(=O)CC3(C)C2=O)cn1. The molecular formula is C27H23F2N5O3. The lowest BCUT2D eigenvalue weighted by molar-refractivity contribution is -0.137. The lowest BCUT2D eigenvalue weighted by atomic mass is 9.88. The van der Waals surface area contributed by atoms with Gasteiger partial charge < -0.3 is 9.80 Å². The second-order valence-corrected chi connectivity index (χ2v) is 9.03. The molecule has 0 N–H and O–H groups in total. The number of carbonyl (C=O) groups excluding carboxylic acids is 3. The minimum absolute atomic E-state index is 0.0563. The molecule has 0 spiro atoms. The molecule has 2 aliphatic rings. The van der Waals surface area contributed by atoms with E-state index in [2.05, 4.69) is 16.9 Å². The Balaban J connectivity index is 1.43. The molecule has 0 bridgehead atoms. The number of halogens is 2. The van der Waals surface area contributed by atoms with Crippen molar-refractivity contribution in [2.45, 2.75) is 32.4 Å². The number of imide groups is 1. The molecule has 3 aromatic rings. The molecule has 3 heterocycles. The van der Waals surface area contributed by atoms with E-state index in [1.165, 1.54) is 16.7 Å². The van der Waals surface area contributed by atoms with Crippen LogP contribution in [0.1, 0.15) is 31.4 Å². The first-order chi connectivity index (χ1) is 17.7. The highest BCUT2D eigenvalue weighted by atomic mass is 19.1. The third kappa shape index (κ3) is 4.12. The van der Waals surface area contributed by atoms with E-state index in [4.69, 9.17) is 0 Å². The predicted molar refractivity (Wildman–Crippen MR) is 132 cm³/mol. The minimum Gasteiger partial charge on any atom is -0.307 e. The van der Waals surface area contributed by atoms with Crippen LogP contribution in [-0.2, 0) is 16.1 Å². The van der Waals surface area contributed by atoms with Gasteiger partial charge in [-0.2, -0.15) is 5.10 Å². The predicted octanol–water partition coefficient (Wildman–Crippen LogP) is 3.55. The van der Waals surface area contributed by atoms with Crippen LogP contribution in [0.25, 0.3) is 0 Å². The number of amides is 4. The van der Waals surface area contributed by atoms with E-state index in [-0.39, 0.29) is 18.7 Å². The van der Waals surface area contributed by atoms with Gasteiger partial charge in [0, 0.05) is 37.0 Å². The van der Waals surface area contributed by atoms with Crippen molar-refractivity contribution < 1.29 is 23.2 Å². The highest BCUT2D eigenvalue weighted by molar-refractivity contribution is 6.20. The number of piperazine rings is 1. The number of rotatable bonds is 3. The first-order valence-electron chi connectivity index (χ1n) is 11.8. The van der Waals surface area contributed by atoms with E-state index >= 15 is 8.78 Å². The van der Waals surface area contributed by atoms with Gasteiger partial charge in [-0.15, -0.1) is 0 Å². The first-order valence-corrected chi connectivity index (χ1v) is 11.8. The third-order valence-corrected chi connectivity index (χ3v) is 6.64. The highest BCUT2D eigenvalue weighted by Crippen LogP contribution is 2.38. The summed E-state index contributed by atoms with van der Waals surface area (Å²) < 4.78 is 31.9. The molecular weight excluding hydrogens is 480 g/mol. The Kier molecular flexibility index (Phi) is 5.99. The summed E-state index contributed by atoms with van der Waals surface area (Å²) in [6.07, 6.45) is 2.83. The lowest BCUT2D eigenvalue weighted by Gasteiger charge is -2.51. The molecule has 10 heteroatoms. The van der Waals surface area contributed by atoms with E-state index in [1.54, 1.807) is 41.3 Å². The number of aromatic nitrogens is 2. The van der Waals surface area contributed by atoms with Gasteiger partial charge in [0.05, 0.1) is 18.3 Å². The van der Waals surface area contributed by atoms with Crippen molar-refractivity contribution in [1.29, 1.82) is 0 Å². The fourth-order valence-corrected chi connectivity index (χ4v) is 4.68. The molecule has 37 heavy (non-hydrogen) atoms. The van der Waals surface area contributed by atoms with Crippen LogP contribution in [-0.4, -0.2) is 51.2 Å². The Morgan fingerprint density at radius 2 is 1.68 bits per heavy atom. The molecule has 2 aromatic carbocycles. The van der Waals surface area contributed by atoms with Gasteiger partial charge in [-0.05, 0) is 38.1 Å². The fourth-order valence-electron chi connectivity index (χ4n) is 4.68. The molecule has 1 aromatic heterocycles. The van der Waals surface area contributed by atoms with Crippen molar-refractivity contribution in [3.63, 3.8) is 0 Å². The van der Waals surface area contributed by atoms with Crippen LogP contribution >= 0.6 is 0 Å². The van der Waals surface area contributed by atoms with Crippen LogP contribution in [0.15, 0.2) is 54.9 Å². The van der Waals surface area contributed by atoms with Gasteiger partial charge in [0.1, 0.15) is 11.2 Å². The molecule has 4 amide bonds. The van der Waals surface area contributed by atoms with E-state index in [0.717, 1.165) is 12.1 Å². The molecule has 1 atom stereocenters. The van der Waals surface area contributed by atoms with Crippen molar-refractivity contribution in [3.8, 4) is 11.8 Å². The maximum absolute atomic E-state index is 15.1. The molecule has 5 rings (SSSR count). The Labute approximate surface area is 212 Å². The first kappa shape index (κ1) is 24.2. The average molecular weight is 504 g/mol. The van der Waals surface area contributed by atoms with Gasteiger partial charge in [0.2, 0.25) is 5.91 Å². The highest BCUT2D eigenvalue weighted by Gasteiger charge is 2.56. The fraction of sp³-hybridized carbons (Fsp3) is 0.259. The number of aryl methyl sites for hydroxylation is 1. The van der Waals surface area contributed by atoms with Crippen LogP contribution in [0.2, 0.25) is 0 Å². The van der Waals surface area contributed by atoms with Crippen LogP contribution in [0.4, 0.5) is 25.0 Å². The quantitative estimate of drug-likeness (QED) is 0.513. The Morgan fingerprint density at radius 3 is 2.32 bits per heavy atom. The molecule has 2 aliphatic heterocycles. The number of urea groups is 1. The van der Waals surface area contributed by atoms with Crippen molar-refractivity contribution in [1.82, 2.24) is 14.7 Å². The van der Waals surface area contributed by atoms with Crippen molar-refractivity contribution in [2.75, 3.05) is 22.9 Å². The van der Waals surface area contributed by atoms with Gasteiger partial charge in [-0.25, -0.2) is 18.5 Å². The summed E-state index contributed by atoms with van der Waals surface area (Å²) in [6, 6.07) is 9.94. The van der Waals surface area contributed by atoms with Gasteiger partial charge in [-0.3, -0.25) is 14.3 Å². The third-order valence-electron chi connectivity index (χ3n) is 6.64. The molecule has 1 unspecified atom stereocenters. The summed E-state index contributed by atoms with van der Waals surface area (Å²) >= 11 is 0. The van der Waals surface area contributed by atoms with Crippen LogP contribution in [0.3, 0.4) is 0 Å². The molecule has 0 aliphatic carbocycles. The van der Waals surface area contributed by atoms with E-state index in [1.807, 2.05) is 13.0 Å². The maximum atomic E-state index is 15.1.